The van der Waals surface area contributed by atoms with Crippen molar-refractivity contribution < 1.29 is 42.1 Å². The number of hydrogen-bond acceptors (Lipinski definition) is 7. The lowest BCUT2D eigenvalue weighted by molar-refractivity contribution is -0.870. The van der Waals surface area contributed by atoms with E-state index in [1.807, 2.05) is 21.1 Å². The van der Waals surface area contributed by atoms with Gasteiger partial charge in [0.1, 0.15) is 19.8 Å². The van der Waals surface area contributed by atoms with E-state index in [4.69, 9.17) is 18.5 Å². The van der Waals surface area contributed by atoms with Gasteiger partial charge in [0.25, 0.3) is 0 Å². The number of nitrogens with zero attached hydrogens (tertiary/aromatic N) is 1. The fourth-order valence-electron chi connectivity index (χ4n) is 5.55. The summed E-state index contributed by atoms with van der Waals surface area (Å²) < 4.78 is 34.1. The molecule has 1 N–H and O–H groups in total. The minimum atomic E-state index is -4.36. The Kier molecular flexibility index (Phi) is 34.7. The van der Waals surface area contributed by atoms with Crippen molar-refractivity contribution in [2.75, 3.05) is 47.5 Å². The average molecular weight is 771 g/mol. The molecule has 53 heavy (non-hydrogen) atoms. The van der Waals surface area contributed by atoms with Gasteiger partial charge in [-0.1, -0.05) is 147 Å². The first-order valence-electron chi connectivity index (χ1n) is 21.2. The van der Waals surface area contributed by atoms with Crippen LogP contribution in [0.25, 0.3) is 0 Å². The standard InChI is InChI=1S/C43H80NO8P/c1-6-8-10-12-14-15-16-17-18-19-20-21-22-23-24-25-26-27-28-29-30-32-34-36-43(46)52-41(39-49-42(45)35-33-31-13-11-9-7-2)40-51-53(47,48)50-38-37-44(3,4)5/h16-17,19-20,22-23,41H,6-15,18,21,24-40H2,1-5H3/p+1/b17-16-,20-19-,23-22-. The zero-order chi connectivity index (χ0) is 39.3. The number of likely N-dealkylation sites (N-methyl/N-ethyl adjacent to an activating group) is 1. The van der Waals surface area contributed by atoms with E-state index in [-0.39, 0.29) is 32.0 Å². The minimum absolute atomic E-state index is 0.0301. The van der Waals surface area contributed by atoms with E-state index in [0.717, 1.165) is 64.2 Å². The van der Waals surface area contributed by atoms with Crippen LogP contribution in [-0.2, 0) is 32.7 Å². The van der Waals surface area contributed by atoms with E-state index in [0.29, 0.717) is 17.4 Å². The number of quaternary nitrogens is 1. The number of carbonyl (C=O) groups is 2. The Balaban J connectivity index is 4.20. The molecule has 0 aromatic carbocycles. The lowest BCUT2D eigenvalue weighted by atomic mass is 10.1. The molecule has 0 aliphatic carbocycles. The van der Waals surface area contributed by atoms with Crippen LogP contribution in [0.1, 0.15) is 174 Å². The molecule has 310 valence electrons. The van der Waals surface area contributed by atoms with Gasteiger partial charge in [0.2, 0.25) is 0 Å². The summed E-state index contributed by atoms with van der Waals surface area (Å²) >= 11 is 0. The molecule has 0 aliphatic rings. The van der Waals surface area contributed by atoms with Crippen LogP contribution in [0, 0.1) is 0 Å². The molecule has 0 fully saturated rings. The number of phosphoric acid groups is 1. The molecule has 0 saturated carbocycles. The Bertz CT molecular complexity index is 1010. The summed E-state index contributed by atoms with van der Waals surface area (Å²) in [6, 6.07) is 0. The van der Waals surface area contributed by atoms with Crippen LogP contribution < -0.4 is 0 Å². The van der Waals surface area contributed by atoms with E-state index in [1.165, 1.54) is 77.0 Å². The van der Waals surface area contributed by atoms with Crippen LogP contribution in [0.3, 0.4) is 0 Å². The molecule has 0 bridgehead atoms. The smallest absolute Gasteiger partial charge is 0.462 e. The molecule has 0 rings (SSSR count). The number of unbranched alkanes of at least 4 members (excludes halogenated alkanes) is 18. The zero-order valence-electron chi connectivity index (χ0n) is 34.7. The third-order valence-corrected chi connectivity index (χ3v) is 9.91. The summed E-state index contributed by atoms with van der Waals surface area (Å²) in [4.78, 5) is 35.0. The van der Waals surface area contributed by atoms with E-state index in [1.54, 1.807) is 0 Å². The van der Waals surface area contributed by atoms with Crippen molar-refractivity contribution in [3.63, 3.8) is 0 Å². The summed E-state index contributed by atoms with van der Waals surface area (Å²) in [6.07, 6.45) is 39.4. The Morgan fingerprint density at radius 1 is 0.585 bits per heavy atom. The molecule has 0 heterocycles. The van der Waals surface area contributed by atoms with E-state index >= 15 is 0 Å². The van der Waals surface area contributed by atoms with Crippen molar-refractivity contribution in [2.24, 2.45) is 0 Å². The summed E-state index contributed by atoms with van der Waals surface area (Å²) in [5.41, 5.74) is 0. The minimum Gasteiger partial charge on any atom is -0.462 e. The maximum atomic E-state index is 12.6. The quantitative estimate of drug-likeness (QED) is 0.0217. The van der Waals surface area contributed by atoms with Crippen LogP contribution >= 0.6 is 7.82 Å². The summed E-state index contributed by atoms with van der Waals surface area (Å²) in [6.45, 7) is 4.32. The van der Waals surface area contributed by atoms with Crippen LogP contribution in [0.4, 0.5) is 0 Å². The molecule has 0 aromatic heterocycles. The van der Waals surface area contributed by atoms with Gasteiger partial charge in [0, 0.05) is 12.8 Å². The van der Waals surface area contributed by atoms with Crippen molar-refractivity contribution in [3.8, 4) is 0 Å². The molecular formula is C43H81NO8P+. The van der Waals surface area contributed by atoms with Gasteiger partial charge >= 0.3 is 19.8 Å². The maximum Gasteiger partial charge on any atom is 0.472 e. The zero-order valence-corrected chi connectivity index (χ0v) is 35.6. The second kappa shape index (κ2) is 35.9. The normalized spacial score (nSPS) is 14.0. The highest BCUT2D eigenvalue weighted by atomic mass is 31.2. The molecule has 0 amide bonds. The fourth-order valence-corrected chi connectivity index (χ4v) is 6.29. The first-order chi connectivity index (χ1) is 25.5. The van der Waals surface area contributed by atoms with Crippen molar-refractivity contribution in [1.82, 2.24) is 0 Å². The van der Waals surface area contributed by atoms with Crippen LogP contribution in [0.5, 0.6) is 0 Å². The van der Waals surface area contributed by atoms with Gasteiger partial charge in [-0.3, -0.25) is 18.6 Å². The highest BCUT2D eigenvalue weighted by Gasteiger charge is 2.27. The molecular weight excluding hydrogens is 689 g/mol. The summed E-state index contributed by atoms with van der Waals surface area (Å²) in [5, 5.41) is 0. The summed E-state index contributed by atoms with van der Waals surface area (Å²) in [5.74, 6) is -0.817. The first kappa shape index (κ1) is 51.2. The number of hydrogen-bond donors (Lipinski definition) is 1. The number of ether oxygens (including phenoxy) is 2. The fraction of sp³-hybridized carbons (Fsp3) is 0.814. The third kappa shape index (κ3) is 39.7. The first-order valence-corrected chi connectivity index (χ1v) is 22.7. The van der Waals surface area contributed by atoms with E-state index in [9.17, 15) is 19.0 Å². The van der Waals surface area contributed by atoms with Crippen LogP contribution in [0.2, 0.25) is 0 Å². The Morgan fingerprint density at radius 3 is 1.51 bits per heavy atom. The van der Waals surface area contributed by atoms with Crippen molar-refractivity contribution in [3.05, 3.63) is 36.5 Å². The van der Waals surface area contributed by atoms with Crippen molar-refractivity contribution in [1.29, 1.82) is 0 Å². The molecule has 10 heteroatoms. The van der Waals surface area contributed by atoms with Gasteiger partial charge in [-0.15, -0.1) is 0 Å². The topological polar surface area (TPSA) is 108 Å². The Hall–Kier alpha value is -1.77. The van der Waals surface area contributed by atoms with Crippen molar-refractivity contribution >= 4 is 19.8 Å². The lowest BCUT2D eigenvalue weighted by Gasteiger charge is -2.24. The molecule has 2 unspecified atom stereocenters. The number of allylic oxidation sites excluding steroid dienone is 6. The average Bonchev–Trinajstić information content (AvgIpc) is 3.10. The Morgan fingerprint density at radius 2 is 1.02 bits per heavy atom. The second-order valence-corrected chi connectivity index (χ2v) is 16.8. The second-order valence-electron chi connectivity index (χ2n) is 15.4. The molecule has 2 atom stereocenters. The largest absolute Gasteiger partial charge is 0.472 e. The molecule has 0 radical (unpaired) electrons. The van der Waals surface area contributed by atoms with Crippen LogP contribution in [0.15, 0.2) is 36.5 Å². The van der Waals surface area contributed by atoms with Crippen molar-refractivity contribution in [2.45, 2.75) is 180 Å². The molecule has 0 spiro atoms. The molecule has 9 nitrogen and oxygen atoms in total. The predicted octanol–water partition coefficient (Wildman–Crippen LogP) is 11.7. The Labute approximate surface area is 325 Å². The number of phosphoric ester groups is 1. The number of rotatable bonds is 38. The number of esters is 2. The van der Waals surface area contributed by atoms with Gasteiger partial charge < -0.3 is 18.9 Å². The monoisotopic (exact) mass is 771 g/mol. The lowest BCUT2D eigenvalue weighted by Crippen LogP contribution is -2.37. The van der Waals surface area contributed by atoms with Gasteiger partial charge in [-0.2, -0.15) is 0 Å². The number of carbonyl (C=O) groups excluding carboxylic acids is 2. The third-order valence-electron chi connectivity index (χ3n) is 8.92. The maximum absolute atomic E-state index is 12.6. The predicted molar refractivity (Wildman–Crippen MR) is 220 cm³/mol. The van der Waals surface area contributed by atoms with E-state index < -0.39 is 26.5 Å². The van der Waals surface area contributed by atoms with E-state index in [2.05, 4.69) is 50.3 Å². The van der Waals surface area contributed by atoms with Gasteiger partial charge in [0.15, 0.2) is 6.10 Å². The molecule has 0 saturated heterocycles. The van der Waals surface area contributed by atoms with Crippen LogP contribution in [-0.4, -0.2) is 74.9 Å². The van der Waals surface area contributed by atoms with Gasteiger partial charge in [0.05, 0.1) is 27.7 Å². The molecule has 0 aromatic rings. The molecule has 0 aliphatic heterocycles. The highest BCUT2D eigenvalue weighted by molar-refractivity contribution is 7.47. The van der Waals surface area contributed by atoms with Gasteiger partial charge in [-0.25, -0.2) is 4.57 Å². The summed E-state index contributed by atoms with van der Waals surface area (Å²) in [7, 11) is 1.47. The highest BCUT2D eigenvalue weighted by Crippen LogP contribution is 2.43. The SMILES string of the molecule is CCCCCCC/C=C\C/C=C\C/C=C\CCCCCCCCCCC(=O)OC(COC(=O)CCCCCCCC)COP(=O)(O)OCC[N+](C)(C)C. The van der Waals surface area contributed by atoms with Gasteiger partial charge in [-0.05, 0) is 51.4 Å².